The van der Waals surface area contributed by atoms with E-state index in [-0.39, 0.29) is 18.4 Å². The highest BCUT2D eigenvalue weighted by Crippen LogP contribution is 2.45. The van der Waals surface area contributed by atoms with Crippen molar-refractivity contribution in [3.05, 3.63) is 0 Å². The highest BCUT2D eigenvalue weighted by Gasteiger charge is 2.50. The summed E-state index contributed by atoms with van der Waals surface area (Å²) < 4.78 is 5.22. The maximum absolute atomic E-state index is 11.7. The van der Waals surface area contributed by atoms with Crippen molar-refractivity contribution in [3.8, 4) is 0 Å². The van der Waals surface area contributed by atoms with E-state index in [0.717, 1.165) is 19.4 Å². The molecule has 5 heteroatoms. The maximum Gasteiger partial charge on any atom is 0.311 e. The van der Waals surface area contributed by atoms with Crippen molar-refractivity contribution in [1.82, 2.24) is 5.32 Å². The van der Waals surface area contributed by atoms with Gasteiger partial charge in [0, 0.05) is 13.2 Å². The van der Waals surface area contributed by atoms with Crippen molar-refractivity contribution in [2.75, 3.05) is 19.8 Å². The number of aliphatic carboxylic acids is 1. The van der Waals surface area contributed by atoms with Crippen molar-refractivity contribution in [2.24, 2.45) is 11.3 Å². The quantitative estimate of drug-likeness (QED) is 0.728. The molecule has 0 spiro atoms. The molecule has 2 fully saturated rings. The first-order valence-electron chi connectivity index (χ1n) is 5.73. The van der Waals surface area contributed by atoms with Crippen LogP contribution in [0, 0.1) is 11.3 Å². The minimum absolute atomic E-state index is 0.0628. The van der Waals surface area contributed by atoms with Gasteiger partial charge in [0.15, 0.2) is 0 Å². The van der Waals surface area contributed by atoms with Crippen LogP contribution in [-0.2, 0) is 14.3 Å². The number of rotatable bonds is 4. The zero-order valence-corrected chi connectivity index (χ0v) is 9.20. The normalized spacial score (nSPS) is 27.1. The van der Waals surface area contributed by atoms with Crippen LogP contribution < -0.4 is 5.32 Å². The monoisotopic (exact) mass is 227 g/mol. The SMILES string of the molecule is O=C(NCC1(C(=O)O)CC1)C1CCCOC1. The Kier molecular flexibility index (Phi) is 3.14. The first-order chi connectivity index (χ1) is 7.64. The summed E-state index contributed by atoms with van der Waals surface area (Å²) in [5, 5.41) is 11.7. The average Bonchev–Trinajstić information content (AvgIpc) is 3.08. The van der Waals surface area contributed by atoms with E-state index in [4.69, 9.17) is 9.84 Å². The van der Waals surface area contributed by atoms with Crippen molar-refractivity contribution < 1.29 is 19.4 Å². The largest absolute Gasteiger partial charge is 0.481 e. The van der Waals surface area contributed by atoms with Gasteiger partial charge in [-0.05, 0) is 25.7 Å². The third-order valence-electron chi connectivity index (χ3n) is 3.44. The number of amides is 1. The molecule has 0 aromatic carbocycles. The van der Waals surface area contributed by atoms with Crippen LogP contribution in [0.25, 0.3) is 0 Å². The molecule has 16 heavy (non-hydrogen) atoms. The minimum atomic E-state index is -0.798. The van der Waals surface area contributed by atoms with Gasteiger partial charge in [-0.3, -0.25) is 9.59 Å². The van der Waals surface area contributed by atoms with E-state index in [9.17, 15) is 9.59 Å². The predicted molar refractivity (Wildman–Crippen MR) is 55.9 cm³/mol. The molecule has 2 rings (SSSR count). The fraction of sp³-hybridized carbons (Fsp3) is 0.818. The summed E-state index contributed by atoms with van der Waals surface area (Å²) in [4.78, 5) is 22.6. The summed E-state index contributed by atoms with van der Waals surface area (Å²) in [5.41, 5.74) is -0.675. The van der Waals surface area contributed by atoms with Crippen molar-refractivity contribution in [1.29, 1.82) is 0 Å². The first kappa shape index (κ1) is 11.4. The number of carbonyl (C=O) groups excluding carboxylic acids is 1. The first-order valence-corrected chi connectivity index (χ1v) is 5.73. The Hall–Kier alpha value is -1.10. The van der Waals surface area contributed by atoms with Gasteiger partial charge in [-0.25, -0.2) is 0 Å². The van der Waals surface area contributed by atoms with E-state index in [1.54, 1.807) is 0 Å². The molecular weight excluding hydrogens is 210 g/mol. The predicted octanol–water partition coefficient (Wildman–Crippen LogP) is 0.394. The van der Waals surface area contributed by atoms with Gasteiger partial charge < -0.3 is 15.2 Å². The molecule has 90 valence electrons. The number of hydrogen-bond donors (Lipinski definition) is 2. The van der Waals surface area contributed by atoms with E-state index in [1.807, 2.05) is 0 Å². The van der Waals surface area contributed by atoms with Crippen LogP contribution in [0.5, 0.6) is 0 Å². The molecule has 1 aliphatic heterocycles. The number of hydrogen-bond acceptors (Lipinski definition) is 3. The molecule has 1 saturated carbocycles. The van der Waals surface area contributed by atoms with Gasteiger partial charge in [-0.2, -0.15) is 0 Å². The Balaban J connectivity index is 1.77. The molecule has 2 N–H and O–H groups in total. The lowest BCUT2D eigenvalue weighted by Crippen LogP contribution is -2.40. The van der Waals surface area contributed by atoms with Crippen LogP contribution in [0.15, 0.2) is 0 Å². The molecule has 0 aromatic rings. The van der Waals surface area contributed by atoms with Crippen LogP contribution in [0.2, 0.25) is 0 Å². The van der Waals surface area contributed by atoms with Crippen LogP contribution in [-0.4, -0.2) is 36.7 Å². The standard InChI is InChI=1S/C11H17NO4/c13-9(8-2-1-5-16-6-8)12-7-11(3-4-11)10(14)15/h8H,1-7H2,(H,12,13)(H,14,15). The third-order valence-corrected chi connectivity index (χ3v) is 3.44. The molecule has 1 atom stereocenters. The highest BCUT2D eigenvalue weighted by molar-refractivity contribution is 5.82. The Morgan fingerprint density at radius 1 is 1.44 bits per heavy atom. The van der Waals surface area contributed by atoms with Crippen LogP contribution >= 0.6 is 0 Å². The van der Waals surface area contributed by atoms with Crippen LogP contribution in [0.1, 0.15) is 25.7 Å². The number of carboxylic acids is 1. The van der Waals surface area contributed by atoms with Gasteiger partial charge in [0.2, 0.25) is 5.91 Å². The smallest absolute Gasteiger partial charge is 0.311 e. The second-order valence-electron chi connectivity index (χ2n) is 4.72. The zero-order chi connectivity index (χ0) is 11.6. The van der Waals surface area contributed by atoms with E-state index >= 15 is 0 Å². The van der Waals surface area contributed by atoms with E-state index < -0.39 is 11.4 Å². The Labute approximate surface area is 94.2 Å². The van der Waals surface area contributed by atoms with E-state index in [1.165, 1.54) is 0 Å². The van der Waals surface area contributed by atoms with Crippen LogP contribution in [0.4, 0.5) is 0 Å². The summed E-state index contributed by atoms with van der Waals surface area (Å²) >= 11 is 0. The lowest BCUT2D eigenvalue weighted by molar-refractivity contribution is -0.143. The van der Waals surface area contributed by atoms with Gasteiger partial charge in [-0.1, -0.05) is 0 Å². The van der Waals surface area contributed by atoms with Gasteiger partial charge in [0.25, 0.3) is 0 Å². The molecule has 2 aliphatic rings. The Morgan fingerprint density at radius 3 is 2.69 bits per heavy atom. The van der Waals surface area contributed by atoms with Crippen molar-refractivity contribution >= 4 is 11.9 Å². The fourth-order valence-electron chi connectivity index (χ4n) is 1.97. The molecular formula is C11H17NO4. The number of nitrogens with one attached hydrogen (secondary N) is 1. The molecule has 1 amide bonds. The molecule has 5 nitrogen and oxygen atoms in total. The second kappa shape index (κ2) is 4.41. The summed E-state index contributed by atoms with van der Waals surface area (Å²) in [5.74, 6) is -0.960. The highest BCUT2D eigenvalue weighted by atomic mass is 16.5. The average molecular weight is 227 g/mol. The van der Waals surface area contributed by atoms with Crippen molar-refractivity contribution in [3.63, 3.8) is 0 Å². The van der Waals surface area contributed by atoms with Gasteiger partial charge in [0.05, 0.1) is 17.9 Å². The molecule has 0 bridgehead atoms. The fourth-order valence-corrected chi connectivity index (χ4v) is 1.97. The number of carboxylic acid groups (broad SMARTS) is 1. The molecule has 0 radical (unpaired) electrons. The summed E-state index contributed by atoms with van der Waals surface area (Å²) in [7, 11) is 0. The molecule has 0 aromatic heterocycles. The van der Waals surface area contributed by atoms with E-state index in [2.05, 4.69) is 5.32 Å². The minimum Gasteiger partial charge on any atom is -0.481 e. The Morgan fingerprint density at radius 2 is 2.19 bits per heavy atom. The topological polar surface area (TPSA) is 75.6 Å². The van der Waals surface area contributed by atoms with Gasteiger partial charge in [0.1, 0.15) is 0 Å². The number of ether oxygens (including phenoxy) is 1. The third kappa shape index (κ3) is 2.35. The number of carbonyl (C=O) groups is 2. The van der Waals surface area contributed by atoms with Crippen LogP contribution in [0.3, 0.4) is 0 Å². The zero-order valence-electron chi connectivity index (χ0n) is 9.20. The summed E-state index contributed by atoms with van der Waals surface area (Å²) in [6, 6.07) is 0. The Bertz CT molecular complexity index is 292. The summed E-state index contributed by atoms with van der Waals surface area (Å²) in [6.45, 7) is 1.45. The maximum atomic E-state index is 11.7. The molecule has 1 heterocycles. The second-order valence-corrected chi connectivity index (χ2v) is 4.72. The summed E-state index contributed by atoms with van der Waals surface area (Å²) in [6.07, 6.45) is 3.08. The lowest BCUT2D eigenvalue weighted by atomic mass is 10.0. The lowest BCUT2D eigenvalue weighted by Gasteiger charge is -2.22. The molecule has 1 aliphatic carbocycles. The van der Waals surface area contributed by atoms with Gasteiger partial charge >= 0.3 is 5.97 Å². The van der Waals surface area contributed by atoms with E-state index in [0.29, 0.717) is 19.4 Å². The van der Waals surface area contributed by atoms with Gasteiger partial charge in [-0.15, -0.1) is 0 Å². The molecule has 1 saturated heterocycles. The molecule has 1 unspecified atom stereocenters. The van der Waals surface area contributed by atoms with Crippen molar-refractivity contribution in [2.45, 2.75) is 25.7 Å².